The van der Waals surface area contributed by atoms with Gasteiger partial charge in [0.1, 0.15) is 5.82 Å². The van der Waals surface area contributed by atoms with Crippen molar-refractivity contribution in [3.05, 3.63) is 40.0 Å². The molecular weight excluding hydrogens is 318 g/mol. The maximum absolute atomic E-state index is 5.29. The molecule has 2 aromatic rings. The molecule has 0 aliphatic carbocycles. The van der Waals surface area contributed by atoms with Crippen LogP contribution in [0.5, 0.6) is 0 Å². The lowest BCUT2D eigenvalue weighted by Gasteiger charge is -2.09. The third-order valence-electron chi connectivity index (χ3n) is 3.56. The first-order valence-electron chi connectivity index (χ1n) is 6.89. The van der Waals surface area contributed by atoms with Gasteiger partial charge in [-0.3, -0.25) is 0 Å². The normalized spacial score (nSPS) is 14.5. The summed E-state index contributed by atoms with van der Waals surface area (Å²) in [6.45, 7) is 1.56. The van der Waals surface area contributed by atoms with Crippen LogP contribution in [-0.4, -0.2) is 23.4 Å². The second-order valence-electron chi connectivity index (χ2n) is 4.98. The first kappa shape index (κ1) is 13.6. The third kappa shape index (κ3) is 2.60. The van der Waals surface area contributed by atoms with Crippen molar-refractivity contribution in [2.45, 2.75) is 25.9 Å². The molecule has 0 radical (unpaired) electrons. The third-order valence-corrected chi connectivity index (χ3v) is 4.09. The Morgan fingerprint density at radius 1 is 1.30 bits per heavy atom. The van der Waals surface area contributed by atoms with Crippen LogP contribution in [0.3, 0.4) is 0 Å². The smallest absolute Gasteiger partial charge is 0.133 e. The van der Waals surface area contributed by atoms with E-state index in [1.807, 2.05) is 16.8 Å². The molecule has 1 aliphatic heterocycles. The predicted octanol–water partition coefficient (Wildman–Crippen LogP) is 3.53. The van der Waals surface area contributed by atoms with Gasteiger partial charge in [0.2, 0.25) is 0 Å². The number of ether oxygens (including phenoxy) is 1. The van der Waals surface area contributed by atoms with E-state index in [1.54, 1.807) is 7.11 Å². The van der Waals surface area contributed by atoms with Crippen molar-refractivity contribution >= 4 is 21.7 Å². The van der Waals surface area contributed by atoms with Crippen molar-refractivity contribution in [3.8, 4) is 5.69 Å². The first-order chi connectivity index (χ1) is 9.79. The fraction of sp³-hybridized carbons (Fsp3) is 0.400. The van der Waals surface area contributed by atoms with Crippen LogP contribution in [0.15, 0.2) is 28.7 Å². The molecule has 0 atom stereocenters. The number of methoxy groups -OCH3 is 1. The zero-order chi connectivity index (χ0) is 13.9. The lowest BCUT2D eigenvalue weighted by Crippen LogP contribution is -2.07. The van der Waals surface area contributed by atoms with E-state index in [0.29, 0.717) is 6.61 Å². The fourth-order valence-electron chi connectivity index (χ4n) is 2.60. The summed E-state index contributed by atoms with van der Waals surface area (Å²) < 4.78 is 8.37. The van der Waals surface area contributed by atoms with Gasteiger partial charge in [-0.15, -0.1) is 0 Å². The Kier molecular flexibility index (Phi) is 4.08. The summed E-state index contributed by atoms with van der Waals surface area (Å²) in [5.41, 5.74) is 3.41. The zero-order valence-electron chi connectivity index (χ0n) is 11.5. The Bertz CT molecular complexity index is 592. The zero-order valence-corrected chi connectivity index (χ0v) is 13.1. The van der Waals surface area contributed by atoms with E-state index in [9.17, 15) is 0 Å². The van der Waals surface area contributed by atoms with Crippen LogP contribution in [0.25, 0.3) is 5.69 Å². The van der Waals surface area contributed by atoms with Gasteiger partial charge in [0.15, 0.2) is 0 Å². The average Bonchev–Trinajstić information content (AvgIpc) is 2.64. The molecule has 0 bridgehead atoms. The highest BCUT2D eigenvalue weighted by Crippen LogP contribution is 2.28. The number of hydrogen-bond donors (Lipinski definition) is 1. The number of hydrogen-bond acceptors (Lipinski definition) is 3. The van der Waals surface area contributed by atoms with Gasteiger partial charge in [0.25, 0.3) is 0 Å². The molecule has 0 saturated carbocycles. The number of aromatic nitrogens is 2. The first-order valence-corrected chi connectivity index (χ1v) is 7.68. The highest BCUT2D eigenvalue weighted by Gasteiger charge is 2.20. The fourth-order valence-corrected chi connectivity index (χ4v) is 2.86. The standard InChI is InChI=1S/C15H18BrN3O/c1-20-10-14-13-4-2-3-9-17-15(13)19(18-14)12-7-5-11(16)6-8-12/h5-8,17H,2-4,9-10H2,1H3. The maximum Gasteiger partial charge on any atom is 0.133 e. The van der Waals surface area contributed by atoms with E-state index in [2.05, 4.69) is 33.4 Å². The second kappa shape index (κ2) is 5.97. The Labute approximate surface area is 127 Å². The van der Waals surface area contributed by atoms with Crippen molar-refractivity contribution in [1.29, 1.82) is 0 Å². The van der Waals surface area contributed by atoms with Gasteiger partial charge in [0.05, 0.1) is 18.0 Å². The minimum atomic E-state index is 0.563. The molecule has 106 valence electrons. The number of anilines is 1. The lowest BCUT2D eigenvalue weighted by atomic mass is 10.1. The quantitative estimate of drug-likeness (QED) is 0.932. The predicted molar refractivity (Wildman–Crippen MR) is 83.4 cm³/mol. The molecule has 1 aromatic heterocycles. The molecule has 2 heterocycles. The summed E-state index contributed by atoms with van der Waals surface area (Å²) in [7, 11) is 1.72. The van der Waals surface area contributed by atoms with Gasteiger partial charge in [-0.1, -0.05) is 15.9 Å². The number of nitrogens with one attached hydrogen (secondary N) is 1. The highest BCUT2D eigenvalue weighted by atomic mass is 79.9. The second-order valence-corrected chi connectivity index (χ2v) is 5.89. The number of fused-ring (bicyclic) bond motifs is 1. The summed E-state index contributed by atoms with van der Waals surface area (Å²) in [4.78, 5) is 0. The van der Waals surface area contributed by atoms with Crippen molar-refractivity contribution in [1.82, 2.24) is 9.78 Å². The van der Waals surface area contributed by atoms with Crippen LogP contribution in [-0.2, 0) is 17.8 Å². The van der Waals surface area contributed by atoms with Crippen LogP contribution in [0.2, 0.25) is 0 Å². The maximum atomic E-state index is 5.29. The summed E-state index contributed by atoms with van der Waals surface area (Å²) in [5, 5.41) is 8.26. The molecule has 0 amide bonds. The van der Waals surface area contributed by atoms with Crippen molar-refractivity contribution < 1.29 is 4.74 Å². The summed E-state index contributed by atoms with van der Waals surface area (Å²) in [5.74, 6) is 1.12. The van der Waals surface area contributed by atoms with E-state index in [-0.39, 0.29) is 0 Å². The van der Waals surface area contributed by atoms with E-state index in [4.69, 9.17) is 9.84 Å². The minimum absolute atomic E-state index is 0.563. The average molecular weight is 336 g/mol. The Balaban J connectivity index is 2.07. The van der Waals surface area contributed by atoms with Crippen LogP contribution < -0.4 is 5.32 Å². The van der Waals surface area contributed by atoms with Crippen molar-refractivity contribution in [3.63, 3.8) is 0 Å². The monoisotopic (exact) mass is 335 g/mol. The molecule has 1 N–H and O–H groups in total. The van der Waals surface area contributed by atoms with Crippen LogP contribution >= 0.6 is 15.9 Å². The van der Waals surface area contributed by atoms with E-state index in [0.717, 1.165) is 34.6 Å². The molecule has 0 spiro atoms. The van der Waals surface area contributed by atoms with Gasteiger partial charge < -0.3 is 10.1 Å². The highest BCUT2D eigenvalue weighted by molar-refractivity contribution is 9.10. The van der Waals surface area contributed by atoms with Crippen molar-refractivity contribution in [2.75, 3.05) is 19.0 Å². The summed E-state index contributed by atoms with van der Waals surface area (Å²) >= 11 is 3.47. The summed E-state index contributed by atoms with van der Waals surface area (Å²) in [6, 6.07) is 8.22. The molecule has 0 unspecified atom stereocenters. The molecule has 4 nitrogen and oxygen atoms in total. The van der Waals surface area contributed by atoms with Crippen LogP contribution in [0.4, 0.5) is 5.82 Å². The van der Waals surface area contributed by atoms with Crippen LogP contribution in [0, 0.1) is 0 Å². The minimum Gasteiger partial charge on any atom is -0.378 e. The van der Waals surface area contributed by atoms with Gasteiger partial charge in [-0.2, -0.15) is 5.10 Å². The Morgan fingerprint density at radius 3 is 2.85 bits per heavy atom. The van der Waals surface area contributed by atoms with E-state index >= 15 is 0 Å². The van der Waals surface area contributed by atoms with E-state index < -0.39 is 0 Å². The van der Waals surface area contributed by atoms with Crippen LogP contribution in [0.1, 0.15) is 24.1 Å². The van der Waals surface area contributed by atoms with E-state index in [1.165, 1.54) is 18.4 Å². The van der Waals surface area contributed by atoms with Crippen molar-refractivity contribution in [2.24, 2.45) is 0 Å². The molecule has 0 fully saturated rings. The molecule has 1 aliphatic rings. The number of halogens is 1. The lowest BCUT2D eigenvalue weighted by molar-refractivity contribution is 0.180. The number of rotatable bonds is 3. The van der Waals surface area contributed by atoms with Gasteiger partial charge >= 0.3 is 0 Å². The van der Waals surface area contributed by atoms with Gasteiger partial charge in [-0.05, 0) is 43.5 Å². The molecular formula is C15H18BrN3O. The number of benzene rings is 1. The SMILES string of the molecule is COCc1nn(-c2ccc(Br)cc2)c2c1CCCCN2. The molecule has 1 aromatic carbocycles. The molecule has 3 rings (SSSR count). The Morgan fingerprint density at radius 2 is 2.10 bits per heavy atom. The van der Waals surface area contributed by atoms with Gasteiger partial charge in [0, 0.05) is 23.7 Å². The largest absolute Gasteiger partial charge is 0.378 e. The Hall–Kier alpha value is -1.33. The molecule has 0 saturated heterocycles. The molecule has 20 heavy (non-hydrogen) atoms. The molecule has 5 heteroatoms. The van der Waals surface area contributed by atoms with Gasteiger partial charge in [-0.25, -0.2) is 4.68 Å². The number of nitrogens with zero attached hydrogens (tertiary/aromatic N) is 2. The topological polar surface area (TPSA) is 39.1 Å². The summed E-state index contributed by atoms with van der Waals surface area (Å²) in [6.07, 6.45) is 3.46.